The largest absolute Gasteiger partial charge is 0.324 e. The molecule has 2 heteroatoms. The fourth-order valence-electron chi connectivity index (χ4n) is 2.08. The molecular formula is C16H18FN. The van der Waals surface area contributed by atoms with E-state index in [2.05, 4.69) is 19.1 Å². The van der Waals surface area contributed by atoms with Crippen molar-refractivity contribution in [2.75, 3.05) is 0 Å². The molecule has 0 aliphatic rings. The predicted octanol–water partition coefficient (Wildman–Crippen LogP) is 3.77. The molecule has 0 bridgehead atoms. The van der Waals surface area contributed by atoms with Crippen molar-refractivity contribution in [3.8, 4) is 0 Å². The highest BCUT2D eigenvalue weighted by Crippen LogP contribution is 2.18. The Morgan fingerprint density at radius 3 is 2.39 bits per heavy atom. The van der Waals surface area contributed by atoms with Crippen LogP contribution in [0.25, 0.3) is 0 Å². The van der Waals surface area contributed by atoms with Gasteiger partial charge in [0, 0.05) is 6.04 Å². The Hall–Kier alpha value is -1.67. The number of rotatable bonds is 4. The van der Waals surface area contributed by atoms with E-state index >= 15 is 0 Å². The SMILES string of the molecule is Cc1ccccc1CCC(N)c1ccc(F)cc1. The van der Waals surface area contributed by atoms with E-state index in [1.54, 1.807) is 12.1 Å². The van der Waals surface area contributed by atoms with E-state index < -0.39 is 0 Å². The third-order valence-corrected chi connectivity index (χ3v) is 3.28. The fourth-order valence-corrected chi connectivity index (χ4v) is 2.08. The zero-order chi connectivity index (χ0) is 13.0. The van der Waals surface area contributed by atoms with Crippen LogP contribution in [0.3, 0.4) is 0 Å². The maximum atomic E-state index is 12.8. The van der Waals surface area contributed by atoms with E-state index in [-0.39, 0.29) is 11.9 Å². The van der Waals surface area contributed by atoms with Gasteiger partial charge in [0.1, 0.15) is 5.82 Å². The number of hydrogen-bond acceptors (Lipinski definition) is 1. The molecule has 2 aromatic carbocycles. The van der Waals surface area contributed by atoms with Gasteiger partial charge >= 0.3 is 0 Å². The molecule has 1 atom stereocenters. The number of nitrogens with two attached hydrogens (primary N) is 1. The Balaban J connectivity index is 1.98. The van der Waals surface area contributed by atoms with Crippen molar-refractivity contribution < 1.29 is 4.39 Å². The van der Waals surface area contributed by atoms with Gasteiger partial charge in [0.15, 0.2) is 0 Å². The van der Waals surface area contributed by atoms with E-state index in [9.17, 15) is 4.39 Å². The molecule has 94 valence electrons. The molecule has 0 heterocycles. The number of aryl methyl sites for hydroxylation is 2. The minimum absolute atomic E-state index is 0.0368. The summed E-state index contributed by atoms with van der Waals surface area (Å²) in [4.78, 5) is 0. The summed E-state index contributed by atoms with van der Waals surface area (Å²) in [6.45, 7) is 2.11. The lowest BCUT2D eigenvalue weighted by molar-refractivity contribution is 0.619. The van der Waals surface area contributed by atoms with Crippen molar-refractivity contribution in [3.05, 3.63) is 71.0 Å². The summed E-state index contributed by atoms with van der Waals surface area (Å²) in [6.07, 6.45) is 1.82. The molecule has 1 nitrogen and oxygen atoms in total. The fraction of sp³-hybridized carbons (Fsp3) is 0.250. The molecule has 0 aliphatic heterocycles. The second-order valence-corrected chi connectivity index (χ2v) is 4.62. The molecule has 1 unspecified atom stereocenters. The molecule has 2 aromatic rings. The molecule has 0 aromatic heterocycles. The van der Waals surface area contributed by atoms with Gasteiger partial charge in [0.25, 0.3) is 0 Å². The molecule has 0 saturated carbocycles. The van der Waals surface area contributed by atoms with E-state index in [0.717, 1.165) is 18.4 Å². The highest BCUT2D eigenvalue weighted by atomic mass is 19.1. The first kappa shape index (κ1) is 12.8. The Labute approximate surface area is 107 Å². The van der Waals surface area contributed by atoms with Gasteiger partial charge in [-0.3, -0.25) is 0 Å². The third-order valence-electron chi connectivity index (χ3n) is 3.28. The first-order valence-electron chi connectivity index (χ1n) is 6.22. The van der Waals surface area contributed by atoms with Crippen LogP contribution in [0.5, 0.6) is 0 Å². The molecule has 0 fully saturated rings. The normalized spacial score (nSPS) is 12.4. The Morgan fingerprint density at radius 2 is 1.72 bits per heavy atom. The third kappa shape index (κ3) is 3.17. The summed E-state index contributed by atoms with van der Waals surface area (Å²) in [7, 11) is 0. The maximum Gasteiger partial charge on any atom is 0.123 e. The Morgan fingerprint density at radius 1 is 1.06 bits per heavy atom. The predicted molar refractivity (Wildman–Crippen MR) is 72.8 cm³/mol. The second kappa shape index (κ2) is 5.78. The molecule has 0 aliphatic carbocycles. The average Bonchev–Trinajstić information content (AvgIpc) is 2.38. The zero-order valence-corrected chi connectivity index (χ0v) is 10.6. The summed E-state index contributed by atoms with van der Waals surface area (Å²) in [5.74, 6) is -0.218. The van der Waals surface area contributed by atoms with E-state index in [1.807, 2.05) is 12.1 Å². The van der Waals surface area contributed by atoms with Crippen LogP contribution >= 0.6 is 0 Å². The van der Waals surface area contributed by atoms with Gasteiger partial charge in [-0.1, -0.05) is 36.4 Å². The smallest absolute Gasteiger partial charge is 0.123 e. The van der Waals surface area contributed by atoms with Gasteiger partial charge in [0.05, 0.1) is 0 Å². The summed E-state index contributed by atoms with van der Waals surface area (Å²) in [5, 5.41) is 0. The van der Waals surface area contributed by atoms with Crippen LogP contribution in [0.4, 0.5) is 4.39 Å². The molecule has 2 N–H and O–H groups in total. The molecule has 0 radical (unpaired) electrons. The van der Waals surface area contributed by atoms with Crippen molar-refractivity contribution in [1.82, 2.24) is 0 Å². The monoisotopic (exact) mass is 243 g/mol. The summed E-state index contributed by atoms with van der Waals surface area (Å²) in [5.41, 5.74) is 9.74. The van der Waals surface area contributed by atoms with E-state index in [0.29, 0.717) is 0 Å². The summed E-state index contributed by atoms with van der Waals surface area (Å²) in [6, 6.07) is 14.7. The van der Waals surface area contributed by atoms with Gasteiger partial charge in [-0.2, -0.15) is 0 Å². The summed E-state index contributed by atoms with van der Waals surface area (Å²) < 4.78 is 12.8. The summed E-state index contributed by atoms with van der Waals surface area (Å²) >= 11 is 0. The lowest BCUT2D eigenvalue weighted by Crippen LogP contribution is -2.11. The molecule has 2 rings (SSSR count). The van der Waals surface area contributed by atoms with Crippen LogP contribution in [0.15, 0.2) is 48.5 Å². The van der Waals surface area contributed by atoms with Crippen molar-refractivity contribution in [2.24, 2.45) is 5.73 Å². The lowest BCUT2D eigenvalue weighted by Gasteiger charge is -2.13. The van der Waals surface area contributed by atoms with Crippen molar-refractivity contribution >= 4 is 0 Å². The molecular weight excluding hydrogens is 225 g/mol. The van der Waals surface area contributed by atoms with E-state index in [4.69, 9.17) is 5.73 Å². The van der Waals surface area contributed by atoms with Crippen LogP contribution in [0.2, 0.25) is 0 Å². The molecule has 0 spiro atoms. The molecule has 0 amide bonds. The van der Waals surface area contributed by atoms with Crippen molar-refractivity contribution in [1.29, 1.82) is 0 Å². The van der Waals surface area contributed by atoms with Gasteiger partial charge in [-0.25, -0.2) is 4.39 Å². The topological polar surface area (TPSA) is 26.0 Å². The standard InChI is InChI=1S/C16H18FN/c1-12-4-2-3-5-13(12)8-11-16(18)14-6-9-15(17)10-7-14/h2-7,9-10,16H,8,11,18H2,1H3. The van der Waals surface area contributed by atoms with Gasteiger partial charge in [-0.05, 0) is 48.6 Å². The first-order chi connectivity index (χ1) is 8.66. The minimum atomic E-state index is -0.218. The average molecular weight is 243 g/mol. The highest BCUT2D eigenvalue weighted by Gasteiger charge is 2.07. The Bertz CT molecular complexity index is 505. The minimum Gasteiger partial charge on any atom is -0.324 e. The Kier molecular flexibility index (Phi) is 4.11. The van der Waals surface area contributed by atoms with Crippen LogP contribution < -0.4 is 5.73 Å². The second-order valence-electron chi connectivity index (χ2n) is 4.62. The van der Waals surface area contributed by atoms with Crippen molar-refractivity contribution in [3.63, 3.8) is 0 Å². The van der Waals surface area contributed by atoms with Gasteiger partial charge in [0.2, 0.25) is 0 Å². The first-order valence-corrected chi connectivity index (χ1v) is 6.22. The van der Waals surface area contributed by atoms with Crippen LogP contribution in [0.1, 0.15) is 29.2 Å². The zero-order valence-electron chi connectivity index (χ0n) is 10.6. The van der Waals surface area contributed by atoms with Crippen molar-refractivity contribution in [2.45, 2.75) is 25.8 Å². The maximum absolute atomic E-state index is 12.8. The van der Waals surface area contributed by atoms with Gasteiger partial charge in [-0.15, -0.1) is 0 Å². The number of halogens is 1. The highest BCUT2D eigenvalue weighted by molar-refractivity contribution is 5.26. The van der Waals surface area contributed by atoms with Crippen LogP contribution in [0, 0.1) is 12.7 Å². The van der Waals surface area contributed by atoms with Crippen LogP contribution in [-0.4, -0.2) is 0 Å². The number of benzene rings is 2. The molecule has 0 saturated heterocycles. The van der Waals surface area contributed by atoms with E-state index in [1.165, 1.54) is 23.3 Å². The number of hydrogen-bond donors (Lipinski definition) is 1. The molecule has 18 heavy (non-hydrogen) atoms. The van der Waals surface area contributed by atoms with Gasteiger partial charge < -0.3 is 5.73 Å². The quantitative estimate of drug-likeness (QED) is 0.869. The lowest BCUT2D eigenvalue weighted by atomic mass is 9.97. The van der Waals surface area contributed by atoms with Crippen LogP contribution in [-0.2, 0) is 6.42 Å².